The standard InChI is InChI=1S/C26H30F2N2O5/c1-3-26(4-2,24(32)33)15-29-23(31)21(13-22(27)28)30-25(34)35-14-20-18-11-7-5-9-16(18)17-10-6-8-12-19(17)20/h5-12,20-22H,3-4,13-15H2,1-2H3,(H,29,31)(H,30,34)(H,32,33). The van der Waals surface area contributed by atoms with Crippen LogP contribution in [0.4, 0.5) is 13.6 Å². The summed E-state index contributed by atoms with van der Waals surface area (Å²) in [4.78, 5) is 36.7. The number of amides is 2. The highest BCUT2D eigenvalue weighted by molar-refractivity contribution is 5.86. The van der Waals surface area contributed by atoms with Crippen LogP contribution in [0.1, 0.15) is 50.2 Å². The van der Waals surface area contributed by atoms with E-state index in [-0.39, 0.29) is 31.9 Å². The third-order valence-corrected chi connectivity index (χ3v) is 6.77. The van der Waals surface area contributed by atoms with E-state index < -0.39 is 42.3 Å². The predicted molar refractivity (Wildman–Crippen MR) is 126 cm³/mol. The molecule has 0 aliphatic heterocycles. The minimum Gasteiger partial charge on any atom is -0.481 e. The van der Waals surface area contributed by atoms with Crippen LogP contribution in [0.25, 0.3) is 11.1 Å². The quantitative estimate of drug-likeness (QED) is 0.430. The van der Waals surface area contributed by atoms with Gasteiger partial charge < -0.3 is 20.5 Å². The van der Waals surface area contributed by atoms with Gasteiger partial charge in [-0.3, -0.25) is 9.59 Å². The van der Waals surface area contributed by atoms with E-state index in [9.17, 15) is 28.3 Å². The number of alkyl carbamates (subject to hydrolysis) is 1. The van der Waals surface area contributed by atoms with Crippen molar-refractivity contribution in [2.45, 2.75) is 51.5 Å². The highest BCUT2D eigenvalue weighted by atomic mass is 19.3. The van der Waals surface area contributed by atoms with Crippen molar-refractivity contribution in [1.82, 2.24) is 10.6 Å². The number of carboxylic acid groups (broad SMARTS) is 1. The molecule has 0 bridgehead atoms. The Morgan fingerprint density at radius 1 is 1.00 bits per heavy atom. The second-order valence-corrected chi connectivity index (χ2v) is 8.66. The van der Waals surface area contributed by atoms with Gasteiger partial charge in [0.15, 0.2) is 0 Å². The zero-order valence-corrected chi connectivity index (χ0v) is 19.7. The smallest absolute Gasteiger partial charge is 0.407 e. The number of fused-ring (bicyclic) bond motifs is 3. The summed E-state index contributed by atoms with van der Waals surface area (Å²) < 4.78 is 31.6. The Morgan fingerprint density at radius 2 is 1.54 bits per heavy atom. The molecule has 1 aliphatic carbocycles. The van der Waals surface area contributed by atoms with E-state index in [1.54, 1.807) is 13.8 Å². The molecule has 7 nitrogen and oxygen atoms in total. The molecule has 35 heavy (non-hydrogen) atoms. The number of hydrogen-bond donors (Lipinski definition) is 3. The first kappa shape index (κ1) is 26.1. The second-order valence-electron chi connectivity index (χ2n) is 8.66. The topological polar surface area (TPSA) is 105 Å². The summed E-state index contributed by atoms with van der Waals surface area (Å²) in [6.07, 6.45) is -4.28. The number of benzene rings is 2. The Balaban J connectivity index is 1.65. The first-order valence-electron chi connectivity index (χ1n) is 11.6. The molecule has 3 rings (SSSR count). The van der Waals surface area contributed by atoms with E-state index in [2.05, 4.69) is 10.6 Å². The predicted octanol–water partition coefficient (Wildman–Crippen LogP) is 4.56. The fourth-order valence-electron chi connectivity index (χ4n) is 4.45. The number of halogens is 2. The molecule has 0 heterocycles. The lowest BCUT2D eigenvalue weighted by atomic mass is 9.82. The summed E-state index contributed by atoms with van der Waals surface area (Å²) >= 11 is 0. The molecule has 3 N–H and O–H groups in total. The normalized spacial score (nSPS) is 13.6. The van der Waals surface area contributed by atoms with Gasteiger partial charge in [0.1, 0.15) is 12.6 Å². The molecule has 2 aromatic rings. The SMILES string of the molecule is CCC(CC)(CNC(=O)C(CC(F)F)NC(=O)OCC1c2ccccc2-c2ccccc21)C(=O)O. The summed E-state index contributed by atoms with van der Waals surface area (Å²) in [6, 6.07) is 13.9. The van der Waals surface area contributed by atoms with Gasteiger partial charge in [-0.15, -0.1) is 0 Å². The Hall–Kier alpha value is -3.49. The molecular formula is C26H30F2N2O5. The highest BCUT2D eigenvalue weighted by Crippen LogP contribution is 2.44. The molecule has 1 aliphatic rings. The molecule has 0 fully saturated rings. The lowest BCUT2D eigenvalue weighted by Crippen LogP contribution is -2.51. The molecular weight excluding hydrogens is 458 g/mol. The molecule has 0 saturated heterocycles. The van der Waals surface area contributed by atoms with Crippen molar-refractivity contribution in [3.05, 3.63) is 59.7 Å². The van der Waals surface area contributed by atoms with Crippen molar-refractivity contribution in [3.8, 4) is 11.1 Å². The summed E-state index contributed by atoms with van der Waals surface area (Å²) in [5.41, 5.74) is 2.86. The maximum Gasteiger partial charge on any atom is 0.407 e. The number of carbonyl (C=O) groups excluding carboxylic acids is 2. The molecule has 1 atom stereocenters. The molecule has 0 aromatic heterocycles. The van der Waals surface area contributed by atoms with Crippen LogP contribution in [0, 0.1) is 5.41 Å². The van der Waals surface area contributed by atoms with E-state index in [0.717, 1.165) is 22.3 Å². The van der Waals surface area contributed by atoms with Crippen LogP contribution >= 0.6 is 0 Å². The minimum absolute atomic E-state index is 0.0311. The van der Waals surface area contributed by atoms with Crippen molar-refractivity contribution < 1.29 is 33.0 Å². The molecule has 2 amide bonds. The maximum absolute atomic E-state index is 13.1. The van der Waals surface area contributed by atoms with Gasteiger partial charge in [0, 0.05) is 18.9 Å². The Kier molecular flexibility index (Phi) is 8.43. The van der Waals surface area contributed by atoms with E-state index in [0.29, 0.717) is 0 Å². The number of carbonyl (C=O) groups is 3. The van der Waals surface area contributed by atoms with Gasteiger partial charge in [-0.25, -0.2) is 13.6 Å². The van der Waals surface area contributed by atoms with Crippen LogP contribution in [0.3, 0.4) is 0 Å². The van der Waals surface area contributed by atoms with E-state index >= 15 is 0 Å². The van der Waals surface area contributed by atoms with Crippen molar-refractivity contribution in [2.24, 2.45) is 5.41 Å². The largest absolute Gasteiger partial charge is 0.481 e. The van der Waals surface area contributed by atoms with Crippen LogP contribution in [0.5, 0.6) is 0 Å². The molecule has 0 radical (unpaired) electrons. The molecule has 0 spiro atoms. The van der Waals surface area contributed by atoms with Crippen LogP contribution < -0.4 is 10.6 Å². The monoisotopic (exact) mass is 488 g/mol. The van der Waals surface area contributed by atoms with Crippen molar-refractivity contribution in [2.75, 3.05) is 13.2 Å². The van der Waals surface area contributed by atoms with E-state index in [4.69, 9.17) is 4.74 Å². The van der Waals surface area contributed by atoms with Crippen LogP contribution in [0.2, 0.25) is 0 Å². The van der Waals surface area contributed by atoms with Crippen molar-refractivity contribution in [1.29, 1.82) is 0 Å². The number of rotatable bonds is 11. The number of ether oxygens (including phenoxy) is 1. The van der Waals surface area contributed by atoms with Gasteiger partial charge in [0.2, 0.25) is 12.3 Å². The third kappa shape index (κ3) is 5.78. The molecule has 0 saturated carbocycles. The molecule has 1 unspecified atom stereocenters. The van der Waals surface area contributed by atoms with Gasteiger partial charge >= 0.3 is 12.1 Å². The van der Waals surface area contributed by atoms with Crippen LogP contribution in [0.15, 0.2) is 48.5 Å². The van der Waals surface area contributed by atoms with Crippen LogP contribution in [-0.4, -0.2) is 48.7 Å². The van der Waals surface area contributed by atoms with Gasteiger partial charge in [-0.2, -0.15) is 0 Å². The van der Waals surface area contributed by atoms with Gasteiger partial charge in [0.25, 0.3) is 0 Å². The summed E-state index contributed by atoms with van der Waals surface area (Å²) in [5, 5.41) is 14.2. The number of nitrogens with one attached hydrogen (secondary N) is 2. The highest BCUT2D eigenvalue weighted by Gasteiger charge is 2.36. The number of carboxylic acids is 1. The first-order valence-corrected chi connectivity index (χ1v) is 11.6. The van der Waals surface area contributed by atoms with Crippen molar-refractivity contribution >= 4 is 18.0 Å². The van der Waals surface area contributed by atoms with Gasteiger partial charge in [-0.05, 0) is 35.1 Å². The van der Waals surface area contributed by atoms with Gasteiger partial charge in [-0.1, -0.05) is 62.4 Å². The number of hydrogen-bond acceptors (Lipinski definition) is 4. The lowest BCUT2D eigenvalue weighted by molar-refractivity contribution is -0.149. The van der Waals surface area contributed by atoms with Crippen molar-refractivity contribution in [3.63, 3.8) is 0 Å². The first-order chi connectivity index (χ1) is 16.7. The number of alkyl halides is 2. The maximum atomic E-state index is 13.1. The lowest BCUT2D eigenvalue weighted by Gasteiger charge is -2.28. The number of aliphatic carboxylic acids is 1. The molecule has 9 heteroatoms. The fraction of sp³-hybridized carbons (Fsp3) is 0.423. The zero-order valence-electron chi connectivity index (χ0n) is 19.7. The van der Waals surface area contributed by atoms with Crippen LogP contribution in [-0.2, 0) is 14.3 Å². The average Bonchev–Trinajstić information content (AvgIpc) is 3.16. The van der Waals surface area contributed by atoms with Gasteiger partial charge in [0.05, 0.1) is 5.41 Å². The Bertz CT molecular complexity index is 1030. The summed E-state index contributed by atoms with van der Waals surface area (Å²) in [7, 11) is 0. The average molecular weight is 489 g/mol. The van der Waals surface area contributed by atoms with E-state index in [1.165, 1.54) is 0 Å². The Morgan fingerprint density at radius 3 is 2.03 bits per heavy atom. The summed E-state index contributed by atoms with van der Waals surface area (Å²) in [6.45, 7) is 3.08. The fourth-order valence-corrected chi connectivity index (χ4v) is 4.45. The zero-order chi connectivity index (χ0) is 25.6. The second kappa shape index (κ2) is 11.3. The van der Waals surface area contributed by atoms with E-state index in [1.807, 2.05) is 48.5 Å². The molecule has 2 aromatic carbocycles. The minimum atomic E-state index is -2.86. The third-order valence-electron chi connectivity index (χ3n) is 6.77. The Labute approximate surface area is 202 Å². The summed E-state index contributed by atoms with van der Waals surface area (Å²) in [5.74, 6) is -2.19. The molecule has 188 valence electrons.